The Balaban J connectivity index is 2.24. The van der Waals surface area contributed by atoms with Gasteiger partial charge in [-0.25, -0.2) is 8.78 Å². The molecule has 0 fully saturated rings. The summed E-state index contributed by atoms with van der Waals surface area (Å²) >= 11 is 0. The first-order valence-electron chi connectivity index (χ1n) is 5.49. The Morgan fingerprint density at radius 1 is 1.44 bits per heavy atom. The fraction of sp³-hybridized carbons (Fsp3) is 0.500. The number of ether oxygens (including phenoxy) is 1. The minimum Gasteiger partial charge on any atom is -0.493 e. The maximum Gasteiger partial charge on any atom is 0.257 e. The maximum absolute atomic E-state index is 12.8. The lowest BCUT2D eigenvalue weighted by atomic mass is 10.0. The summed E-state index contributed by atoms with van der Waals surface area (Å²) in [7, 11) is 0. The van der Waals surface area contributed by atoms with Crippen molar-refractivity contribution in [2.45, 2.75) is 25.8 Å². The van der Waals surface area contributed by atoms with Crippen LogP contribution in [0.4, 0.5) is 8.78 Å². The van der Waals surface area contributed by atoms with Gasteiger partial charge in [-0.2, -0.15) is 0 Å². The molecular weight excluding hydrogens is 212 g/mol. The van der Waals surface area contributed by atoms with Crippen LogP contribution in [0.1, 0.15) is 24.1 Å². The summed E-state index contributed by atoms with van der Waals surface area (Å²) in [6, 6.07) is 4.44. The lowest BCUT2D eigenvalue weighted by Crippen LogP contribution is -2.27. The van der Waals surface area contributed by atoms with Crippen molar-refractivity contribution in [3.8, 4) is 5.75 Å². The zero-order chi connectivity index (χ0) is 11.5. The molecule has 0 saturated heterocycles. The first-order chi connectivity index (χ1) is 7.72. The van der Waals surface area contributed by atoms with E-state index in [0.717, 1.165) is 17.7 Å². The summed E-state index contributed by atoms with van der Waals surface area (Å²) in [5, 5.41) is 2.80. The quantitative estimate of drug-likeness (QED) is 0.853. The van der Waals surface area contributed by atoms with Gasteiger partial charge in [0.25, 0.3) is 6.43 Å². The third-order valence-corrected chi connectivity index (χ3v) is 2.75. The Morgan fingerprint density at radius 3 is 2.94 bits per heavy atom. The van der Waals surface area contributed by atoms with Crippen molar-refractivity contribution >= 4 is 0 Å². The van der Waals surface area contributed by atoms with Gasteiger partial charge in [0.15, 0.2) is 0 Å². The predicted octanol–water partition coefficient (Wildman–Crippen LogP) is 2.54. The van der Waals surface area contributed by atoms with Crippen LogP contribution in [0.2, 0.25) is 0 Å². The van der Waals surface area contributed by atoms with Crippen molar-refractivity contribution in [2.24, 2.45) is 0 Å². The van der Waals surface area contributed by atoms with Crippen molar-refractivity contribution in [1.29, 1.82) is 0 Å². The second-order valence-corrected chi connectivity index (χ2v) is 3.84. The van der Waals surface area contributed by atoms with Crippen LogP contribution >= 0.6 is 0 Å². The third-order valence-electron chi connectivity index (χ3n) is 2.75. The molecule has 0 aliphatic carbocycles. The summed E-state index contributed by atoms with van der Waals surface area (Å²) in [4.78, 5) is 0. The first-order valence-corrected chi connectivity index (χ1v) is 5.49. The van der Waals surface area contributed by atoms with Crippen LogP contribution in [0.3, 0.4) is 0 Å². The van der Waals surface area contributed by atoms with Gasteiger partial charge in [-0.05, 0) is 23.7 Å². The molecule has 16 heavy (non-hydrogen) atoms. The molecule has 1 aliphatic heterocycles. The number of hydrogen-bond donors (Lipinski definition) is 1. The number of hydrogen-bond acceptors (Lipinski definition) is 2. The van der Waals surface area contributed by atoms with Gasteiger partial charge in [-0.3, -0.25) is 0 Å². The SMILES string of the molecule is CCNC(c1ccc2c(c1)CCO2)C(F)F. The van der Waals surface area contributed by atoms with Gasteiger partial charge >= 0.3 is 0 Å². The number of fused-ring (bicyclic) bond motifs is 1. The Bertz CT molecular complexity index is 368. The van der Waals surface area contributed by atoms with Gasteiger partial charge < -0.3 is 10.1 Å². The highest BCUT2D eigenvalue weighted by Gasteiger charge is 2.23. The summed E-state index contributed by atoms with van der Waals surface area (Å²) < 4.78 is 31.0. The average Bonchev–Trinajstić information content (AvgIpc) is 2.72. The second kappa shape index (κ2) is 4.78. The molecule has 0 bridgehead atoms. The van der Waals surface area contributed by atoms with E-state index in [1.807, 2.05) is 13.0 Å². The third kappa shape index (κ3) is 2.16. The van der Waals surface area contributed by atoms with Crippen LogP contribution in [0.5, 0.6) is 5.75 Å². The fourth-order valence-corrected chi connectivity index (χ4v) is 1.97. The lowest BCUT2D eigenvalue weighted by molar-refractivity contribution is 0.0992. The molecule has 4 heteroatoms. The summed E-state index contributed by atoms with van der Waals surface area (Å²) in [5.74, 6) is 0.827. The van der Waals surface area contributed by atoms with Gasteiger partial charge in [0.2, 0.25) is 0 Å². The predicted molar refractivity (Wildman–Crippen MR) is 58.1 cm³/mol. The van der Waals surface area contributed by atoms with E-state index in [-0.39, 0.29) is 0 Å². The van der Waals surface area contributed by atoms with Crippen molar-refractivity contribution in [1.82, 2.24) is 5.32 Å². The number of rotatable bonds is 4. The summed E-state index contributed by atoms with van der Waals surface area (Å²) in [5.41, 5.74) is 1.67. The standard InChI is InChI=1S/C12H15F2NO/c1-2-15-11(12(13)14)9-3-4-10-8(7-9)5-6-16-10/h3-4,7,11-12,15H,2,5-6H2,1H3. The zero-order valence-corrected chi connectivity index (χ0v) is 9.17. The molecule has 0 saturated carbocycles. The lowest BCUT2D eigenvalue weighted by Gasteiger charge is -2.17. The number of nitrogens with one attached hydrogen (secondary N) is 1. The Hall–Kier alpha value is -1.16. The topological polar surface area (TPSA) is 21.3 Å². The first kappa shape index (κ1) is 11.3. The number of halogens is 2. The second-order valence-electron chi connectivity index (χ2n) is 3.84. The molecule has 1 heterocycles. The van der Waals surface area contributed by atoms with E-state index in [1.54, 1.807) is 12.1 Å². The molecule has 1 aliphatic rings. The van der Waals surface area contributed by atoms with Gasteiger partial charge in [-0.1, -0.05) is 19.1 Å². The van der Waals surface area contributed by atoms with E-state index in [1.165, 1.54) is 0 Å². The normalized spacial score (nSPS) is 16.0. The van der Waals surface area contributed by atoms with E-state index in [4.69, 9.17) is 4.74 Å². The van der Waals surface area contributed by atoms with Crippen molar-refractivity contribution in [3.05, 3.63) is 29.3 Å². The molecule has 1 aromatic carbocycles. The maximum atomic E-state index is 12.8. The monoisotopic (exact) mass is 227 g/mol. The van der Waals surface area contributed by atoms with Crippen molar-refractivity contribution < 1.29 is 13.5 Å². The zero-order valence-electron chi connectivity index (χ0n) is 9.17. The minimum atomic E-state index is -2.39. The van der Waals surface area contributed by atoms with Crippen LogP contribution in [0.15, 0.2) is 18.2 Å². The largest absolute Gasteiger partial charge is 0.493 e. The van der Waals surface area contributed by atoms with Crippen LogP contribution in [-0.4, -0.2) is 19.6 Å². The minimum absolute atomic E-state index is 0.530. The molecule has 1 N–H and O–H groups in total. The molecule has 0 amide bonds. The molecule has 1 unspecified atom stereocenters. The van der Waals surface area contributed by atoms with Gasteiger partial charge in [-0.15, -0.1) is 0 Å². The van der Waals surface area contributed by atoms with Crippen LogP contribution in [-0.2, 0) is 6.42 Å². The van der Waals surface area contributed by atoms with Crippen LogP contribution in [0.25, 0.3) is 0 Å². The van der Waals surface area contributed by atoms with Crippen LogP contribution in [0, 0.1) is 0 Å². The molecule has 0 radical (unpaired) electrons. The highest BCUT2D eigenvalue weighted by molar-refractivity contribution is 5.40. The molecular formula is C12H15F2NO. The van der Waals surface area contributed by atoms with Gasteiger partial charge in [0, 0.05) is 6.42 Å². The van der Waals surface area contributed by atoms with E-state index < -0.39 is 12.5 Å². The van der Waals surface area contributed by atoms with Crippen molar-refractivity contribution in [3.63, 3.8) is 0 Å². The Kier molecular flexibility index (Phi) is 3.39. The van der Waals surface area contributed by atoms with Crippen LogP contribution < -0.4 is 10.1 Å². The fourth-order valence-electron chi connectivity index (χ4n) is 1.97. The Morgan fingerprint density at radius 2 is 2.25 bits per heavy atom. The molecule has 0 aromatic heterocycles. The molecule has 2 rings (SSSR count). The summed E-state index contributed by atoms with van der Waals surface area (Å²) in [6.07, 6.45) is -1.58. The number of benzene rings is 1. The van der Waals surface area contributed by atoms with E-state index >= 15 is 0 Å². The highest BCUT2D eigenvalue weighted by atomic mass is 19.3. The molecule has 2 nitrogen and oxygen atoms in total. The smallest absolute Gasteiger partial charge is 0.257 e. The number of alkyl halides is 2. The summed E-state index contributed by atoms with van der Waals surface area (Å²) in [6.45, 7) is 3.01. The Labute approximate surface area is 93.6 Å². The van der Waals surface area contributed by atoms with E-state index in [0.29, 0.717) is 18.7 Å². The van der Waals surface area contributed by atoms with Gasteiger partial charge in [0.05, 0.1) is 12.6 Å². The molecule has 88 valence electrons. The van der Waals surface area contributed by atoms with Crippen molar-refractivity contribution in [2.75, 3.05) is 13.2 Å². The molecule has 1 aromatic rings. The average molecular weight is 227 g/mol. The highest BCUT2D eigenvalue weighted by Crippen LogP contribution is 2.30. The van der Waals surface area contributed by atoms with Gasteiger partial charge in [0.1, 0.15) is 5.75 Å². The molecule has 1 atom stereocenters. The molecule has 0 spiro atoms. The van der Waals surface area contributed by atoms with E-state index in [2.05, 4.69) is 5.32 Å². The van der Waals surface area contributed by atoms with E-state index in [9.17, 15) is 8.78 Å².